The normalized spacial score (nSPS) is 13.4. The summed E-state index contributed by atoms with van der Waals surface area (Å²) in [4.78, 5) is 11.8. The first-order valence-electron chi connectivity index (χ1n) is 5.92. The quantitative estimate of drug-likeness (QED) is 0.632. The first-order chi connectivity index (χ1) is 8.81. The van der Waals surface area contributed by atoms with Crippen LogP contribution in [0.25, 0.3) is 0 Å². The Morgan fingerprint density at radius 1 is 1.33 bits per heavy atom. The molecule has 1 N–H and O–H groups in total. The third-order valence-electron chi connectivity index (χ3n) is 2.74. The molecule has 0 aliphatic carbocycles. The zero-order valence-electron chi connectivity index (χ0n) is 10.1. The maximum absolute atomic E-state index is 11.8. The number of fused-ring (bicyclic) bond motifs is 1. The lowest BCUT2D eigenvalue weighted by Crippen LogP contribution is -2.27. The summed E-state index contributed by atoms with van der Waals surface area (Å²) in [6, 6.07) is 5.65. The summed E-state index contributed by atoms with van der Waals surface area (Å²) in [5, 5.41) is 2.80. The molecule has 0 unspecified atom stereocenters. The van der Waals surface area contributed by atoms with Crippen molar-refractivity contribution < 1.29 is 14.3 Å². The lowest BCUT2D eigenvalue weighted by molar-refractivity contribution is 0.0923. The molecule has 5 heteroatoms. The van der Waals surface area contributed by atoms with Crippen LogP contribution in [0.5, 0.6) is 0 Å². The Bertz CT molecular complexity index is 423. The van der Waals surface area contributed by atoms with Crippen molar-refractivity contribution in [3.8, 4) is 0 Å². The van der Waals surface area contributed by atoms with Crippen LogP contribution in [0.2, 0.25) is 0 Å². The number of ether oxygens (including phenoxy) is 2. The molecular weight excluding hydrogens is 254 g/mol. The van der Waals surface area contributed by atoms with Crippen molar-refractivity contribution in [1.82, 2.24) is 5.32 Å². The molecule has 1 amide bonds. The molecule has 1 heterocycles. The Morgan fingerprint density at radius 3 is 3.00 bits per heavy atom. The van der Waals surface area contributed by atoms with E-state index in [0.717, 1.165) is 11.1 Å². The van der Waals surface area contributed by atoms with E-state index in [-0.39, 0.29) is 5.91 Å². The Kier molecular flexibility index (Phi) is 4.99. The maximum Gasteiger partial charge on any atom is 0.251 e. The third kappa shape index (κ3) is 3.45. The predicted molar refractivity (Wildman–Crippen MR) is 68.8 cm³/mol. The van der Waals surface area contributed by atoms with Crippen LogP contribution < -0.4 is 5.32 Å². The minimum absolute atomic E-state index is 0.0841. The van der Waals surface area contributed by atoms with Crippen LogP contribution in [0, 0.1) is 0 Å². The molecular formula is C13H16ClNO3. The van der Waals surface area contributed by atoms with Gasteiger partial charge in [-0.2, -0.15) is 0 Å². The number of rotatable bonds is 6. The van der Waals surface area contributed by atoms with E-state index >= 15 is 0 Å². The van der Waals surface area contributed by atoms with Gasteiger partial charge in [-0.1, -0.05) is 6.07 Å². The minimum atomic E-state index is -0.0841. The number of hydrogen-bond donors (Lipinski definition) is 1. The number of hydrogen-bond acceptors (Lipinski definition) is 3. The summed E-state index contributed by atoms with van der Waals surface area (Å²) in [5.74, 6) is 0.387. The molecule has 0 bridgehead atoms. The second kappa shape index (κ2) is 6.73. The molecule has 1 aliphatic rings. The fraction of sp³-hybridized carbons (Fsp3) is 0.462. The second-order valence-corrected chi connectivity index (χ2v) is 4.41. The largest absolute Gasteiger partial charge is 0.378 e. The van der Waals surface area contributed by atoms with Crippen molar-refractivity contribution in [3.05, 3.63) is 34.9 Å². The smallest absolute Gasteiger partial charge is 0.251 e. The minimum Gasteiger partial charge on any atom is -0.378 e. The number of nitrogens with one attached hydrogen (secondary N) is 1. The molecule has 0 radical (unpaired) electrons. The Labute approximate surface area is 111 Å². The van der Waals surface area contributed by atoms with Crippen LogP contribution in [0.1, 0.15) is 21.5 Å². The summed E-state index contributed by atoms with van der Waals surface area (Å²) < 4.78 is 10.5. The van der Waals surface area contributed by atoms with E-state index in [4.69, 9.17) is 21.1 Å². The van der Waals surface area contributed by atoms with Crippen molar-refractivity contribution in [2.24, 2.45) is 0 Å². The summed E-state index contributed by atoms with van der Waals surface area (Å²) in [6.45, 7) is 2.71. The number of alkyl halides is 1. The molecule has 0 atom stereocenters. The molecule has 18 heavy (non-hydrogen) atoms. The summed E-state index contributed by atoms with van der Waals surface area (Å²) in [7, 11) is 0. The van der Waals surface area contributed by atoms with Gasteiger partial charge in [0.05, 0.1) is 26.4 Å². The van der Waals surface area contributed by atoms with E-state index in [1.165, 1.54) is 0 Å². The van der Waals surface area contributed by atoms with Gasteiger partial charge in [-0.15, -0.1) is 11.6 Å². The highest BCUT2D eigenvalue weighted by molar-refractivity contribution is 6.17. The van der Waals surface area contributed by atoms with Gasteiger partial charge in [0.1, 0.15) is 0 Å². The number of halogens is 1. The van der Waals surface area contributed by atoms with Gasteiger partial charge in [0, 0.05) is 18.0 Å². The molecule has 1 aromatic carbocycles. The highest BCUT2D eigenvalue weighted by atomic mass is 35.5. The van der Waals surface area contributed by atoms with Crippen LogP contribution in [-0.4, -0.2) is 31.5 Å². The molecule has 2 rings (SSSR count). The van der Waals surface area contributed by atoms with Crippen molar-refractivity contribution in [1.29, 1.82) is 0 Å². The molecule has 98 valence electrons. The predicted octanol–water partition coefficient (Wildman–Crippen LogP) is 1.70. The first-order valence-corrected chi connectivity index (χ1v) is 6.46. The molecule has 1 aliphatic heterocycles. The van der Waals surface area contributed by atoms with Gasteiger partial charge < -0.3 is 14.8 Å². The zero-order chi connectivity index (χ0) is 12.8. The zero-order valence-corrected chi connectivity index (χ0v) is 10.8. The maximum atomic E-state index is 11.8. The highest BCUT2D eigenvalue weighted by Crippen LogP contribution is 2.20. The van der Waals surface area contributed by atoms with E-state index in [0.29, 0.717) is 44.4 Å². The average molecular weight is 270 g/mol. The second-order valence-electron chi connectivity index (χ2n) is 4.03. The molecule has 0 spiro atoms. The van der Waals surface area contributed by atoms with Gasteiger partial charge in [0.2, 0.25) is 0 Å². The first kappa shape index (κ1) is 13.3. The fourth-order valence-corrected chi connectivity index (χ4v) is 1.92. The van der Waals surface area contributed by atoms with Crippen molar-refractivity contribution in [3.63, 3.8) is 0 Å². The van der Waals surface area contributed by atoms with Crippen LogP contribution in [0.15, 0.2) is 18.2 Å². The van der Waals surface area contributed by atoms with E-state index in [2.05, 4.69) is 5.32 Å². The Balaban J connectivity index is 1.82. The molecule has 0 saturated carbocycles. The van der Waals surface area contributed by atoms with Gasteiger partial charge in [0.25, 0.3) is 5.91 Å². The lowest BCUT2D eigenvalue weighted by atomic mass is 10.1. The van der Waals surface area contributed by atoms with Gasteiger partial charge in [-0.3, -0.25) is 4.79 Å². The van der Waals surface area contributed by atoms with E-state index in [1.807, 2.05) is 18.2 Å². The highest BCUT2D eigenvalue weighted by Gasteiger charge is 2.13. The topological polar surface area (TPSA) is 47.6 Å². The number of carbonyl (C=O) groups is 1. The van der Waals surface area contributed by atoms with E-state index < -0.39 is 0 Å². The van der Waals surface area contributed by atoms with Crippen LogP contribution in [0.3, 0.4) is 0 Å². The fourth-order valence-electron chi connectivity index (χ4n) is 1.81. The van der Waals surface area contributed by atoms with Crippen LogP contribution >= 0.6 is 11.6 Å². The van der Waals surface area contributed by atoms with Gasteiger partial charge in [-0.05, 0) is 23.3 Å². The molecule has 0 fully saturated rings. The van der Waals surface area contributed by atoms with Gasteiger partial charge in [0.15, 0.2) is 0 Å². The van der Waals surface area contributed by atoms with Gasteiger partial charge in [-0.25, -0.2) is 0 Å². The van der Waals surface area contributed by atoms with Crippen molar-refractivity contribution in [2.45, 2.75) is 13.2 Å². The summed E-state index contributed by atoms with van der Waals surface area (Å²) in [6.07, 6.45) is 0. The third-order valence-corrected chi connectivity index (χ3v) is 2.89. The van der Waals surface area contributed by atoms with Crippen LogP contribution in [-0.2, 0) is 22.7 Å². The number of benzene rings is 1. The van der Waals surface area contributed by atoms with Crippen LogP contribution in [0.4, 0.5) is 0 Å². The monoisotopic (exact) mass is 269 g/mol. The molecule has 1 aromatic rings. The number of carbonyl (C=O) groups excluding carboxylic acids is 1. The van der Waals surface area contributed by atoms with E-state index in [1.54, 1.807) is 0 Å². The van der Waals surface area contributed by atoms with Crippen molar-refractivity contribution >= 4 is 17.5 Å². The molecule has 0 saturated heterocycles. The number of amides is 1. The molecule has 0 aromatic heterocycles. The summed E-state index contributed by atoms with van der Waals surface area (Å²) in [5.41, 5.74) is 2.93. The Morgan fingerprint density at radius 2 is 2.17 bits per heavy atom. The van der Waals surface area contributed by atoms with Crippen molar-refractivity contribution in [2.75, 3.05) is 25.6 Å². The Hall–Kier alpha value is -1.10. The lowest BCUT2D eigenvalue weighted by Gasteiger charge is -2.06. The molecule has 4 nitrogen and oxygen atoms in total. The standard InChI is InChI=1S/C13H16ClNO3/c14-3-5-17-6-4-15-13(16)10-1-2-11-8-18-9-12(11)7-10/h1-2,7H,3-6,8-9H2,(H,15,16). The van der Waals surface area contributed by atoms with E-state index in [9.17, 15) is 4.79 Å². The SMILES string of the molecule is O=C(NCCOCCCl)c1ccc2c(c1)COC2. The average Bonchev–Trinajstić information content (AvgIpc) is 2.85. The van der Waals surface area contributed by atoms with Gasteiger partial charge >= 0.3 is 0 Å². The summed E-state index contributed by atoms with van der Waals surface area (Å²) >= 11 is 5.47.